The summed E-state index contributed by atoms with van der Waals surface area (Å²) < 4.78 is 4.94. The van der Waals surface area contributed by atoms with Crippen LogP contribution in [0.25, 0.3) is 0 Å². The highest BCUT2D eigenvalue weighted by Crippen LogP contribution is 2.26. The van der Waals surface area contributed by atoms with Gasteiger partial charge in [-0.15, -0.1) is 0 Å². The number of amides is 1. The van der Waals surface area contributed by atoms with Gasteiger partial charge in [-0.2, -0.15) is 0 Å². The number of nitrogens with zero attached hydrogens (tertiary/aromatic N) is 1. The SMILES string of the molecule is COCCNc1ccc(C(=O)Nc2cccc(Nc3ccccc3)c2)cc1[N+](=O)[O-]. The molecule has 0 atom stereocenters. The molecule has 0 heterocycles. The standard InChI is InChI=1S/C22H22N4O4/c1-30-13-12-23-20-11-10-16(14-21(20)26(28)29)22(27)25-19-9-5-8-18(15-19)24-17-6-3-2-4-7-17/h2-11,14-15,23-24H,12-13H2,1H3,(H,25,27). The lowest BCUT2D eigenvalue weighted by Crippen LogP contribution is -2.14. The zero-order chi connectivity index (χ0) is 21.3. The zero-order valence-corrected chi connectivity index (χ0v) is 16.4. The van der Waals surface area contributed by atoms with Crippen LogP contribution in [0.5, 0.6) is 0 Å². The highest BCUT2D eigenvalue weighted by Gasteiger charge is 2.17. The van der Waals surface area contributed by atoms with Crippen LogP contribution in [0.3, 0.4) is 0 Å². The van der Waals surface area contributed by atoms with Crippen molar-refractivity contribution >= 4 is 34.3 Å². The Hall–Kier alpha value is -3.91. The van der Waals surface area contributed by atoms with Crippen molar-refractivity contribution in [2.75, 3.05) is 36.2 Å². The Morgan fingerprint density at radius 3 is 2.43 bits per heavy atom. The number of hydrogen-bond acceptors (Lipinski definition) is 6. The molecule has 0 fully saturated rings. The second-order valence-corrected chi connectivity index (χ2v) is 6.43. The highest BCUT2D eigenvalue weighted by atomic mass is 16.6. The van der Waals surface area contributed by atoms with E-state index in [2.05, 4.69) is 16.0 Å². The first-order chi connectivity index (χ1) is 14.6. The van der Waals surface area contributed by atoms with Gasteiger partial charge in [-0.05, 0) is 42.5 Å². The van der Waals surface area contributed by atoms with Crippen LogP contribution in [0.1, 0.15) is 10.4 Å². The Labute approximate surface area is 174 Å². The van der Waals surface area contributed by atoms with Gasteiger partial charge in [0.05, 0.1) is 11.5 Å². The fourth-order valence-corrected chi connectivity index (χ4v) is 2.83. The first-order valence-electron chi connectivity index (χ1n) is 9.31. The number of para-hydroxylation sites is 1. The molecule has 0 aliphatic carbocycles. The summed E-state index contributed by atoms with van der Waals surface area (Å²) in [4.78, 5) is 23.5. The number of nitro benzene ring substituents is 1. The second kappa shape index (κ2) is 10.0. The molecule has 3 aromatic rings. The van der Waals surface area contributed by atoms with Gasteiger partial charge in [0.25, 0.3) is 11.6 Å². The monoisotopic (exact) mass is 406 g/mol. The molecule has 0 bridgehead atoms. The van der Waals surface area contributed by atoms with Gasteiger partial charge >= 0.3 is 0 Å². The molecule has 154 valence electrons. The molecule has 8 nitrogen and oxygen atoms in total. The molecule has 0 aliphatic heterocycles. The smallest absolute Gasteiger partial charge is 0.293 e. The molecule has 0 unspecified atom stereocenters. The van der Waals surface area contributed by atoms with E-state index in [4.69, 9.17) is 4.74 Å². The van der Waals surface area contributed by atoms with E-state index in [9.17, 15) is 14.9 Å². The van der Waals surface area contributed by atoms with Crippen LogP contribution in [0.4, 0.5) is 28.4 Å². The molecule has 3 N–H and O–H groups in total. The summed E-state index contributed by atoms with van der Waals surface area (Å²) in [7, 11) is 1.55. The Morgan fingerprint density at radius 2 is 1.70 bits per heavy atom. The minimum absolute atomic E-state index is 0.168. The van der Waals surface area contributed by atoms with Gasteiger partial charge in [-0.3, -0.25) is 14.9 Å². The van der Waals surface area contributed by atoms with E-state index in [1.54, 1.807) is 25.3 Å². The van der Waals surface area contributed by atoms with Crippen molar-refractivity contribution < 1.29 is 14.5 Å². The average Bonchev–Trinajstić information content (AvgIpc) is 2.75. The molecule has 0 radical (unpaired) electrons. The lowest BCUT2D eigenvalue weighted by Gasteiger charge is -2.11. The third kappa shape index (κ3) is 5.55. The molecule has 30 heavy (non-hydrogen) atoms. The molecule has 1 amide bonds. The van der Waals surface area contributed by atoms with Crippen LogP contribution in [0, 0.1) is 10.1 Å². The molecule has 8 heteroatoms. The number of methoxy groups -OCH3 is 1. The number of rotatable bonds is 9. The number of nitro groups is 1. The van der Waals surface area contributed by atoms with Gasteiger partial charge < -0.3 is 20.7 Å². The maximum atomic E-state index is 12.6. The van der Waals surface area contributed by atoms with Crippen molar-refractivity contribution in [1.29, 1.82) is 0 Å². The third-order valence-electron chi connectivity index (χ3n) is 4.26. The van der Waals surface area contributed by atoms with Crippen LogP contribution < -0.4 is 16.0 Å². The Balaban J connectivity index is 1.73. The summed E-state index contributed by atoms with van der Waals surface area (Å²) in [5.41, 5.74) is 2.67. The molecule has 3 aromatic carbocycles. The van der Waals surface area contributed by atoms with Crippen molar-refractivity contribution in [3.8, 4) is 0 Å². The van der Waals surface area contributed by atoms with Crippen molar-refractivity contribution in [2.24, 2.45) is 0 Å². The molecular formula is C22H22N4O4. The lowest BCUT2D eigenvalue weighted by molar-refractivity contribution is -0.384. The summed E-state index contributed by atoms with van der Waals surface area (Å²) >= 11 is 0. The van der Waals surface area contributed by atoms with E-state index in [0.717, 1.165) is 11.4 Å². The Bertz CT molecular complexity index is 1020. The average molecular weight is 406 g/mol. The van der Waals surface area contributed by atoms with Gasteiger partial charge in [0.1, 0.15) is 5.69 Å². The molecule has 0 spiro atoms. The minimum Gasteiger partial charge on any atom is -0.383 e. The molecule has 0 saturated carbocycles. The predicted molar refractivity (Wildman–Crippen MR) is 118 cm³/mol. The van der Waals surface area contributed by atoms with E-state index in [0.29, 0.717) is 24.5 Å². The van der Waals surface area contributed by atoms with Crippen LogP contribution in [-0.4, -0.2) is 31.1 Å². The van der Waals surface area contributed by atoms with Crippen LogP contribution in [0.15, 0.2) is 72.8 Å². The van der Waals surface area contributed by atoms with E-state index < -0.39 is 10.8 Å². The summed E-state index contributed by atoms with van der Waals surface area (Å²) in [6, 6.07) is 21.2. The van der Waals surface area contributed by atoms with Crippen molar-refractivity contribution in [3.63, 3.8) is 0 Å². The van der Waals surface area contributed by atoms with Gasteiger partial charge in [-0.25, -0.2) is 0 Å². The maximum Gasteiger partial charge on any atom is 0.293 e. The van der Waals surface area contributed by atoms with E-state index in [1.807, 2.05) is 42.5 Å². The number of carbonyl (C=O) groups is 1. The first kappa shape index (κ1) is 20.8. The zero-order valence-electron chi connectivity index (χ0n) is 16.4. The van der Waals surface area contributed by atoms with Crippen LogP contribution >= 0.6 is 0 Å². The van der Waals surface area contributed by atoms with Gasteiger partial charge in [0.15, 0.2) is 0 Å². The molecule has 0 aromatic heterocycles. The normalized spacial score (nSPS) is 10.3. The quantitative estimate of drug-likeness (QED) is 0.271. The predicted octanol–water partition coefficient (Wildman–Crippen LogP) is 4.65. The fourth-order valence-electron chi connectivity index (χ4n) is 2.83. The van der Waals surface area contributed by atoms with Gasteiger partial charge in [0, 0.05) is 42.3 Å². The van der Waals surface area contributed by atoms with Crippen molar-refractivity contribution in [2.45, 2.75) is 0 Å². The van der Waals surface area contributed by atoms with Gasteiger partial charge in [-0.1, -0.05) is 24.3 Å². The second-order valence-electron chi connectivity index (χ2n) is 6.43. The molecule has 0 saturated heterocycles. The summed E-state index contributed by atoms with van der Waals surface area (Å²) in [6.45, 7) is 0.830. The summed E-state index contributed by atoms with van der Waals surface area (Å²) in [6.07, 6.45) is 0. The number of anilines is 4. The highest BCUT2D eigenvalue weighted by molar-refractivity contribution is 6.05. The number of hydrogen-bond donors (Lipinski definition) is 3. The first-order valence-corrected chi connectivity index (χ1v) is 9.31. The Kier molecular flexibility index (Phi) is 6.96. The number of ether oxygens (including phenoxy) is 1. The number of benzene rings is 3. The van der Waals surface area contributed by atoms with Crippen LogP contribution in [-0.2, 0) is 4.74 Å². The fraction of sp³-hybridized carbons (Fsp3) is 0.136. The van der Waals surface area contributed by atoms with Crippen LogP contribution in [0.2, 0.25) is 0 Å². The topological polar surface area (TPSA) is 106 Å². The number of nitrogens with one attached hydrogen (secondary N) is 3. The largest absolute Gasteiger partial charge is 0.383 e. The summed E-state index contributed by atoms with van der Waals surface area (Å²) in [5.74, 6) is -0.432. The summed E-state index contributed by atoms with van der Waals surface area (Å²) in [5, 5.41) is 20.4. The van der Waals surface area contributed by atoms with E-state index >= 15 is 0 Å². The van der Waals surface area contributed by atoms with E-state index in [-0.39, 0.29) is 11.3 Å². The lowest BCUT2D eigenvalue weighted by atomic mass is 10.1. The molecule has 3 rings (SSSR count). The van der Waals surface area contributed by atoms with Gasteiger partial charge in [0.2, 0.25) is 0 Å². The van der Waals surface area contributed by atoms with Crippen molar-refractivity contribution in [3.05, 3.63) is 88.5 Å². The maximum absolute atomic E-state index is 12.6. The molecular weight excluding hydrogens is 384 g/mol. The Morgan fingerprint density at radius 1 is 0.967 bits per heavy atom. The number of carbonyl (C=O) groups excluding carboxylic acids is 1. The minimum atomic E-state index is -0.518. The van der Waals surface area contributed by atoms with Crippen molar-refractivity contribution in [1.82, 2.24) is 0 Å². The van der Waals surface area contributed by atoms with E-state index in [1.165, 1.54) is 12.1 Å². The molecule has 0 aliphatic rings. The third-order valence-corrected chi connectivity index (χ3v) is 4.26.